The fourth-order valence-corrected chi connectivity index (χ4v) is 3.15. The fourth-order valence-electron chi connectivity index (χ4n) is 2.99. The van der Waals surface area contributed by atoms with Crippen LogP contribution in [0.3, 0.4) is 0 Å². The van der Waals surface area contributed by atoms with E-state index < -0.39 is 5.91 Å². The van der Waals surface area contributed by atoms with Gasteiger partial charge in [0, 0.05) is 18.2 Å². The number of furan rings is 1. The van der Waals surface area contributed by atoms with E-state index in [0.29, 0.717) is 40.0 Å². The first-order valence-corrected chi connectivity index (χ1v) is 10.0. The van der Waals surface area contributed by atoms with Crippen LogP contribution in [0.1, 0.15) is 23.8 Å². The van der Waals surface area contributed by atoms with Crippen LogP contribution in [0.25, 0.3) is 17.1 Å². The lowest BCUT2D eigenvalue weighted by atomic mass is 10.2. The normalized spacial score (nSPS) is 10.6. The number of para-hydroxylation sites is 1. The van der Waals surface area contributed by atoms with Crippen molar-refractivity contribution >= 4 is 34.8 Å². The van der Waals surface area contributed by atoms with Crippen LogP contribution in [0.4, 0.5) is 11.4 Å². The smallest absolute Gasteiger partial charge is 0.274 e. The average molecular weight is 435 g/mol. The number of carbonyl (C=O) groups excluding carboxylic acids is 2. The number of benzene rings is 2. The molecular formula is C23H19ClN4O3. The quantitative estimate of drug-likeness (QED) is 0.426. The summed E-state index contributed by atoms with van der Waals surface area (Å²) in [5, 5.41) is 10.5. The Kier molecular flexibility index (Phi) is 5.86. The molecule has 2 heterocycles. The van der Waals surface area contributed by atoms with Crippen molar-refractivity contribution in [1.82, 2.24) is 9.78 Å². The molecule has 0 saturated heterocycles. The van der Waals surface area contributed by atoms with Gasteiger partial charge >= 0.3 is 0 Å². The molecule has 156 valence electrons. The third kappa shape index (κ3) is 4.51. The molecule has 0 bridgehead atoms. The number of anilines is 2. The van der Waals surface area contributed by atoms with E-state index in [9.17, 15) is 9.59 Å². The number of aromatic nitrogens is 2. The van der Waals surface area contributed by atoms with Crippen LogP contribution in [0.5, 0.6) is 0 Å². The van der Waals surface area contributed by atoms with Crippen molar-refractivity contribution < 1.29 is 14.0 Å². The van der Waals surface area contributed by atoms with Gasteiger partial charge in [0.1, 0.15) is 11.4 Å². The molecule has 0 aliphatic heterocycles. The molecule has 0 aliphatic carbocycles. The summed E-state index contributed by atoms with van der Waals surface area (Å²) in [6.07, 6.45) is 1.89. The number of rotatable bonds is 6. The molecule has 2 aromatic heterocycles. The number of carbonyl (C=O) groups is 2. The van der Waals surface area contributed by atoms with Crippen molar-refractivity contribution in [3.63, 3.8) is 0 Å². The van der Waals surface area contributed by atoms with Gasteiger partial charge in [-0.3, -0.25) is 9.59 Å². The molecule has 31 heavy (non-hydrogen) atoms. The van der Waals surface area contributed by atoms with E-state index in [0.717, 1.165) is 5.69 Å². The molecule has 2 amide bonds. The predicted octanol–water partition coefficient (Wildman–Crippen LogP) is 5.39. The first-order chi connectivity index (χ1) is 15.0. The van der Waals surface area contributed by atoms with Crippen LogP contribution in [0, 0.1) is 0 Å². The highest BCUT2D eigenvalue weighted by atomic mass is 35.5. The Hall–Kier alpha value is -3.84. The van der Waals surface area contributed by atoms with Crippen molar-refractivity contribution in [2.45, 2.75) is 13.3 Å². The van der Waals surface area contributed by atoms with Crippen LogP contribution in [-0.2, 0) is 4.79 Å². The van der Waals surface area contributed by atoms with E-state index in [4.69, 9.17) is 16.0 Å². The van der Waals surface area contributed by atoms with Crippen molar-refractivity contribution in [3.05, 3.63) is 83.7 Å². The first-order valence-electron chi connectivity index (χ1n) is 9.65. The van der Waals surface area contributed by atoms with E-state index in [1.54, 1.807) is 54.3 Å². The van der Waals surface area contributed by atoms with Gasteiger partial charge < -0.3 is 15.1 Å². The van der Waals surface area contributed by atoms with E-state index in [1.807, 2.05) is 30.3 Å². The van der Waals surface area contributed by atoms with E-state index in [2.05, 4.69) is 15.7 Å². The molecule has 2 aromatic carbocycles. The van der Waals surface area contributed by atoms with Gasteiger partial charge in [0.25, 0.3) is 5.91 Å². The second kappa shape index (κ2) is 8.89. The number of amides is 2. The molecule has 0 unspecified atom stereocenters. The Morgan fingerprint density at radius 1 is 1.03 bits per heavy atom. The first kappa shape index (κ1) is 20.4. The Bertz CT molecular complexity index is 1220. The number of halogens is 1. The minimum atomic E-state index is -0.407. The molecule has 0 atom stereocenters. The zero-order chi connectivity index (χ0) is 21.8. The van der Waals surface area contributed by atoms with Gasteiger partial charge in [-0.25, -0.2) is 4.68 Å². The summed E-state index contributed by atoms with van der Waals surface area (Å²) in [5.41, 5.74) is 2.46. The van der Waals surface area contributed by atoms with Gasteiger partial charge in [0.05, 0.1) is 22.7 Å². The van der Waals surface area contributed by atoms with Gasteiger partial charge in [0.15, 0.2) is 5.76 Å². The fraction of sp³-hybridized carbons (Fsp3) is 0.0870. The Labute approximate surface area is 183 Å². The summed E-state index contributed by atoms with van der Waals surface area (Å²) in [7, 11) is 0. The summed E-state index contributed by atoms with van der Waals surface area (Å²) in [5.74, 6) is 0.00547. The van der Waals surface area contributed by atoms with Crippen molar-refractivity contribution in [2.75, 3.05) is 10.6 Å². The summed E-state index contributed by atoms with van der Waals surface area (Å²) >= 11 is 6.28. The third-order valence-corrected chi connectivity index (χ3v) is 4.87. The highest BCUT2D eigenvalue weighted by Gasteiger charge is 2.20. The van der Waals surface area contributed by atoms with Crippen LogP contribution in [0.2, 0.25) is 5.02 Å². The Balaban J connectivity index is 1.69. The zero-order valence-electron chi connectivity index (χ0n) is 16.6. The molecule has 2 N–H and O–H groups in total. The Morgan fingerprint density at radius 3 is 2.55 bits per heavy atom. The average Bonchev–Trinajstić information content (AvgIpc) is 3.46. The molecule has 0 radical (unpaired) electrons. The van der Waals surface area contributed by atoms with Crippen molar-refractivity contribution in [1.29, 1.82) is 0 Å². The van der Waals surface area contributed by atoms with Gasteiger partial charge in [-0.05, 0) is 42.5 Å². The van der Waals surface area contributed by atoms with Crippen LogP contribution < -0.4 is 10.6 Å². The van der Waals surface area contributed by atoms with Crippen molar-refractivity contribution in [3.8, 4) is 17.1 Å². The maximum Gasteiger partial charge on any atom is 0.274 e. The summed E-state index contributed by atoms with van der Waals surface area (Å²) in [4.78, 5) is 24.9. The Morgan fingerprint density at radius 2 is 1.84 bits per heavy atom. The molecule has 0 fully saturated rings. The van der Waals surface area contributed by atoms with E-state index in [-0.39, 0.29) is 5.91 Å². The van der Waals surface area contributed by atoms with Gasteiger partial charge in [-0.1, -0.05) is 36.7 Å². The number of nitrogens with zero attached hydrogens (tertiary/aromatic N) is 2. The van der Waals surface area contributed by atoms with E-state index >= 15 is 0 Å². The molecule has 4 aromatic rings. The lowest BCUT2D eigenvalue weighted by Gasteiger charge is -2.11. The minimum Gasteiger partial charge on any atom is -0.463 e. The van der Waals surface area contributed by atoms with Gasteiger partial charge in [0.2, 0.25) is 5.91 Å². The lowest BCUT2D eigenvalue weighted by Crippen LogP contribution is -2.17. The largest absolute Gasteiger partial charge is 0.463 e. The van der Waals surface area contributed by atoms with Crippen LogP contribution in [-0.4, -0.2) is 21.6 Å². The number of nitrogens with one attached hydrogen (secondary N) is 2. The number of hydrogen-bond donors (Lipinski definition) is 2. The summed E-state index contributed by atoms with van der Waals surface area (Å²) in [6.45, 7) is 1.76. The van der Waals surface area contributed by atoms with Crippen LogP contribution in [0.15, 0.2) is 77.4 Å². The monoisotopic (exact) mass is 434 g/mol. The molecule has 8 heteroatoms. The predicted molar refractivity (Wildman–Crippen MR) is 120 cm³/mol. The zero-order valence-corrected chi connectivity index (χ0v) is 17.4. The molecule has 7 nitrogen and oxygen atoms in total. The number of hydrogen-bond acceptors (Lipinski definition) is 4. The highest BCUT2D eigenvalue weighted by Crippen LogP contribution is 2.28. The molecule has 0 spiro atoms. The third-order valence-electron chi connectivity index (χ3n) is 4.54. The molecule has 0 aliphatic rings. The standard InChI is InChI=1S/C23H19ClN4O3/c1-2-22(29)25-15-10-11-17(24)18(13-15)26-23(30)20-14-19(21-9-6-12-31-21)27-28(20)16-7-4-3-5-8-16/h3-14H,2H2,1H3,(H,25,29)(H,26,30). The van der Waals surface area contributed by atoms with Gasteiger partial charge in [-0.2, -0.15) is 5.10 Å². The maximum atomic E-state index is 13.2. The minimum absolute atomic E-state index is 0.134. The second-order valence-corrected chi connectivity index (χ2v) is 7.10. The molecule has 0 saturated carbocycles. The topological polar surface area (TPSA) is 89.2 Å². The highest BCUT2D eigenvalue weighted by molar-refractivity contribution is 6.34. The summed E-state index contributed by atoms with van der Waals surface area (Å²) < 4.78 is 6.98. The molecular weight excluding hydrogens is 416 g/mol. The second-order valence-electron chi connectivity index (χ2n) is 6.69. The maximum absolute atomic E-state index is 13.2. The lowest BCUT2D eigenvalue weighted by molar-refractivity contribution is -0.115. The van der Waals surface area contributed by atoms with Gasteiger partial charge in [-0.15, -0.1) is 0 Å². The summed E-state index contributed by atoms with van der Waals surface area (Å²) in [6, 6.07) is 19.4. The molecule has 4 rings (SSSR count). The van der Waals surface area contributed by atoms with Crippen molar-refractivity contribution in [2.24, 2.45) is 0 Å². The van der Waals surface area contributed by atoms with Crippen LogP contribution >= 0.6 is 11.6 Å². The SMILES string of the molecule is CCC(=O)Nc1ccc(Cl)c(NC(=O)c2cc(-c3ccco3)nn2-c2ccccc2)c1. The van der Waals surface area contributed by atoms with E-state index in [1.165, 1.54) is 0 Å².